The van der Waals surface area contributed by atoms with E-state index in [4.69, 9.17) is 0 Å². The van der Waals surface area contributed by atoms with Crippen molar-refractivity contribution >= 4 is 39.3 Å². The van der Waals surface area contributed by atoms with Gasteiger partial charge in [-0.15, -0.1) is 0 Å². The maximum absolute atomic E-state index is 13.8. The van der Waals surface area contributed by atoms with Crippen LogP contribution in [0.25, 0.3) is 4.91 Å². The van der Waals surface area contributed by atoms with Crippen LogP contribution in [0.15, 0.2) is 53.4 Å². The van der Waals surface area contributed by atoms with Crippen molar-refractivity contribution in [2.75, 3.05) is 0 Å². The Morgan fingerprint density at radius 2 is 1.89 bits per heavy atom. The number of hydrogen-bond donors (Lipinski definition) is 0. The molecule has 0 N–H and O–H groups in total. The van der Waals surface area contributed by atoms with E-state index < -0.39 is 0 Å². The molecule has 0 saturated carbocycles. The van der Waals surface area contributed by atoms with Crippen molar-refractivity contribution in [1.29, 1.82) is 0 Å². The van der Waals surface area contributed by atoms with E-state index >= 15 is 0 Å². The predicted molar refractivity (Wildman–Crippen MR) is 87.7 cm³/mol. The molecule has 1 aliphatic rings. The van der Waals surface area contributed by atoms with Gasteiger partial charge in [0.1, 0.15) is 5.82 Å². The fourth-order valence-electron chi connectivity index (χ4n) is 2.21. The summed E-state index contributed by atoms with van der Waals surface area (Å²) in [7, 11) is 0. The molecule has 96 valence electrons. The van der Waals surface area contributed by atoms with Crippen LogP contribution < -0.4 is 0 Å². The van der Waals surface area contributed by atoms with Crippen LogP contribution in [0, 0.1) is 9.39 Å². The normalized spacial score (nSPS) is 13.9. The molecule has 0 atom stereocenters. The Balaban J connectivity index is 1.97. The van der Waals surface area contributed by atoms with Gasteiger partial charge >= 0.3 is 0 Å². The Labute approximate surface area is 130 Å². The molecule has 0 saturated heterocycles. The molecule has 2 aromatic rings. The summed E-state index contributed by atoms with van der Waals surface area (Å²) < 4.78 is 14.5. The van der Waals surface area contributed by atoms with Gasteiger partial charge < -0.3 is 0 Å². The summed E-state index contributed by atoms with van der Waals surface area (Å²) in [4.78, 5) is 2.36. The second-order valence-electron chi connectivity index (χ2n) is 4.45. The lowest BCUT2D eigenvalue weighted by Gasteiger charge is -2.18. The number of halogens is 2. The van der Waals surface area contributed by atoms with Crippen molar-refractivity contribution in [3.8, 4) is 0 Å². The minimum Gasteiger partial charge on any atom is -0.206 e. The minimum atomic E-state index is -0.124. The third-order valence-electron chi connectivity index (χ3n) is 3.13. The van der Waals surface area contributed by atoms with E-state index in [9.17, 15) is 4.39 Å². The Morgan fingerprint density at radius 3 is 2.68 bits per heavy atom. The summed E-state index contributed by atoms with van der Waals surface area (Å²) in [5, 5.41) is 0. The summed E-state index contributed by atoms with van der Waals surface area (Å²) >= 11 is 3.77. The number of hydrogen-bond acceptors (Lipinski definition) is 1. The van der Waals surface area contributed by atoms with Gasteiger partial charge in [0.15, 0.2) is 0 Å². The molecule has 0 amide bonds. The molecule has 0 bridgehead atoms. The Kier molecular flexibility index (Phi) is 3.93. The number of thioether (sulfide) groups is 1. The highest BCUT2D eigenvalue weighted by Gasteiger charge is 2.16. The first kappa shape index (κ1) is 13.2. The smallest absolute Gasteiger partial charge is 0.137 e. The van der Waals surface area contributed by atoms with Gasteiger partial charge in [-0.05, 0) is 70.8 Å². The van der Waals surface area contributed by atoms with Crippen molar-refractivity contribution in [3.63, 3.8) is 0 Å². The first-order valence-corrected chi connectivity index (χ1v) is 8.05. The van der Waals surface area contributed by atoms with Crippen LogP contribution in [0.1, 0.15) is 17.5 Å². The topological polar surface area (TPSA) is 0 Å². The predicted octanol–water partition coefficient (Wildman–Crippen LogP) is 5.51. The van der Waals surface area contributed by atoms with Crippen LogP contribution in [-0.4, -0.2) is 0 Å². The van der Waals surface area contributed by atoms with Crippen LogP contribution in [0.2, 0.25) is 0 Å². The highest BCUT2D eigenvalue weighted by Crippen LogP contribution is 2.39. The number of benzene rings is 2. The van der Waals surface area contributed by atoms with Crippen molar-refractivity contribution in [2.24, 2.45) is 0 Å². The van der Waals surface area contributed by atoms with Gasteiger partial charge in [-0.25, -0.2) is 4.39 Å². The average molecular weight is 382 g/mol. The largest absolute Gasteiger partial charge is 0.206 e. The SMILES string of the molecule is Fc1cc2c(cc1I)CCC=C2Sc1ccccc1. The third kappa shape index (κ3) is 2.87. The van der Waals surface area contributed by atoms with Crippen LogP contribution in [0.5, 0.6) is 0 Å². The zero-order valence-corrected chi connectivity index (χ0v) is 13.2. The summed E-state index contributed by atoms with van der Waals surface area (Å²) in [5.74, 6) is -0.124. The Morgan fingerprint density at radius 1 is 1.11 bits per heavy atom. The van der Waals surface area contributed by atoms with E-state index in [0.29, 0.717) is 3.57 Å². The zero-order chi connectivity index (χ0) is 13.2. The lowest BCUT2D eigenvalue weighted by Crippen LogP contribution is -2.00. The summed E-state index contributed by atoms with van der Waals surface area (Å²) in [5.41, 5.74) is 2.31. The molecule has 0 heterocycles. The summed E-state index contributed by atoms with van der Waals surface area (Å²) in [6.45, 7) is 0. The summed E-state index contributed by atoms with van der Waals surface area (Å²) in [6.07, 6.45) is 4.25. The van der Waals surface area contributed by atoms with Gasteiger partial charge in [-0.3, -0.25) is 0 Å². The molecule has 0 fully saturated rings. The van der Waals surface area contributed by atoms with Crippen LogP contribution in [0.3, 0.4) is 0 Å². The Bertz CT molecular complexity index is 635. The molecule has 0 nitrogen and oxygen atoms in total. The van der Waals surface area contributed by atoms with Crippen molar-refractivity contribution < 1.29 is 4.39 Å². The molecular weight excluding hydrogens is 370 g/mol. The monoisotopic (exact) mass is 382 g/mol. The van der Waals surface area contributed by atoms with E-state index in [0.717, 1.165) is 18.4 Å². The molecule has 19 heavy (non-hydrogen) atoms. The van der Waals surface area contributed by atoms with Gasteiger partial charge in [0.25, 0.3) is 0 Å². The van der Waals surface area contributed by atoms with Crippen LogP contribution >= 0.6 is 34.4 Å². The second kappa shape index (κ2) is 5.67. The highest BCUT2D eigenvalue weighted by molar-refractivity contribution is 14.1. The van der Waals surface area contributed by atoms with E-state index in [-0.39, 0.29) is 5.82 Å². The van der Waals surface area contributed by atoms with Crippen molar-refractivity contribution in [2.45, 2.75) is 17.7 Å². The van der Waals surface area contributed by atoms with Gasteiger partial charge in [-0.1, -0.05) is 36.0 Å². The number of allylic oxidation sites excluding steroid dienone is 1. The molecule has 0 aliphatic heterocycles. The molecule has 0 spiro atoms. The minimum absolute atomic E-state index is 0.124. The maximum atomic E-state index is 13.8. The lowest BCUT2D eigenvalue weighted by atomic mass is 9.97. The molecule has 3 rings (SSSR count). The fourth-order valence-corrected chi connectivity index (χ4v) is 3.79. The van der Waals surface area contributed by atoms with E-state index in [1.807, 2.05) is 24.3 Å². The molecule has 3 heteroatoms. The standard InChI is InChI=1S/C16H12FIS/c17-14-10-13-11(9-15(14)18)5-4-8-16(13)19-12-6-2-1-3-7-12/h1-3,6-10H,4-5H2. The maximum Gasteiger partial charge on any atom is 0.137 e. The van der Waals surface area contributed by atoms with E-state index in [1.54, 1.807) is 17.8 Å². The molecule has 2 aromatic carbocycles. The molecule has 0 unspecified atom stereocenters. The molecule has 0 aromatic heterocycles. The third-order valence-corrected chi connectivity index (χ3v) is 5.07. The first-order chi connectivity index (χ1) is 9.24. The number of fused-ring (bicyclic) bond motifs is 1. The lowest BCUT2D eigenvalue weighted by molar-refractivity contribution is 0.618. The number of aryl methyl sites for hydroxylation is 1. The fraction of sp³-hybridized carbons (Fsp3) is 0.125. The first-order valence-electron chi connectivity index (χ1n) is 6.15. The summed E-state index contributed by atoms with van der Waals surface area (Å²) in [6, 6.07) is 13.9. The van der Waals surface area contributed by atoms with Crippen molar-refractivity contribution in [1.82, 2.24) is 0 Å². The van der Waals surface area contributed by atoms with Crippen molar-refractivity contribution in [3.05, 3.63) is 69.1 Å². The van der Waals surface area contributed by atoms with E-state index in [1.165, 1.54) is 15.4 Å². The van der Waals surface area contributed by atoms with Gasteiger partial charge in [-0.2, -0.15) is 0 Å². The number of rotatable bonds is 2. The molecule has 1 aliphatic carbocycles. The van der Waals surface area contributed by atoms with Gasteiger partial charge in [0.05, 0.1) is 0 Å². The second-order valence-corrected chi connectivity index (χ2v) is 6.72. The quantitative estimate of drug-likeness (QED) is 0.618. The van der Waals surface area contributed by atoms with Gasteiger partial charge in [0.2, 0.25) is 0 Å². The average Bonchev–Trinajstić information content (AvgIpc) is 2.42. The molecule has 0 radical (unpaired) electrons. The van der Waals surface area contributed by atoms with Crippen LogP contribution in [-0.2, 0) is 6.42 Å². The molecular formula is C16H12FIS. The van der Waals surface area contributed by atoms with Gasteiger partial charge in [0, 0.05) is 13.4 Å². The van der Waals surface area contributed by atoms with E-state index in [2.05, 4.69) is 40.8 Å². The highest BCUT2D eigenvalue weighted by atomic mass is 127. The Hall–Kier alpha value is -0.810. The zero-order valence-electron chi connectivity index (χ0n) is 10.2. The van der Waals surface area contributed by atoms with Crippen LogP contribution in [0.4, 0.5) is 4.39 Å².